The molecule has 25 heavy (non-hydrogen) atoms. The maximum absolute atomic E-state index is 11.7. The number of carbonyl (C=O) groups excluding carboxylic acids is 3. The van der Waals surface area contributed by atoms with Crippen LogP contribution in [0.1, 0.15) is 23.2 Å². The molecule has 0 radical (unpaired) electrons. The van der Waals surface area contributed by atoms with Crippen LogP contribution >= 0.6 is 15.6 Å². The van der Waals surface area contributed by atoms with Crippen LogP contribution in [0.2, 0.25) is 0 Å². The topological polar surface area (TPSA) is 144 Å². The molecular weight excluding hydrogens is 374 g/mol. The standard InChI is InChI=1S/C14H16O9P2/c1-24(18)23-14(17)11(9-25(19,20)21)7-8-12(15)22-13(16)10-5-3-2-4-6-10/h2-6,11H,7-9H2,1H3,(H-,19,20,21)/p+1. The summed E-state index contributed by atoms with van der Waals surface area (Å²) < 4.78 is 31.1. The van der Waals surface area contributed by atoms with Crippen molar-refractivity contribution in [2.75, 3.05) is 12.8 Å². The van der Waals surface area contributed by atoms with Gasteiger partial charge in [-0.25, -0.2) is 14.1 Å². The molecule has 1 rings (SSSR count). The van der Waals surface area contributed by atoms with Gasteiger partial charge in [-0.1, -0.05) is 18.2 Å². The first kappa shape index (κ1) is 21.1. The third kappa shape index (κ3) is 8.65. The maximum atomic E-state index is 11.7. The molecule has 0 aromatic heterocycles. The third-order valence-electron chi connectivity index (χ3n) is 2.92. The second-order valence-electron chi connectivity index (χ2n) is 5.06. The van der Waals surface area contributed by atoms with Crippen LogP contribution in [0.4, 0.5) is 0 Å². The Labute approximate surface area is 144 Å². The van der Waals surface area contributed by atoms with E-state index in [1.807, 2.05) is 0 Å². The van der Waals surface area contributed by atoms with E-state index in [0.717, 1.165) is 6.66 Å². The number of esters is 2. The van der Waals surface area contributed by atoms with Gasteiger partial charge in [0.2, 0.25) is 0 Å². The summed E-state index contributed by atoms with van der Waals surface area (Å²) in [4.78, 5) is 53.1. The molecule has 0 amide bonds. The van der Waals surface area contributed by atoms with E-state index in [9.17, 15) is 23.5 Å². The van der Waals surface area contributed by atoms with Crippen molar-refractivity contribution in [1.82, 2.24) is 0 Å². The molecule has 136 valence electrons. The minimum Gasteiger partial charge on any atom is -0.389 e. The van der Waals surface area contributed by atoms with Crippen LogP contribution in [-0.4, -0.2) is 40.5 Å². The predicted molar refractivity (Wildman–Crippen MR) is 86.1 cm³/mol. The van der Waals surface area contributed by atoms with Gasteiger partial charge in [-0.05, 0) is 23.1 Å². The molecular formula is C14H17O9P2+. The lowest BCUT2D eigenvalue weighted by Gasteiger charge is -2.12. The number of carbonyl (C=O) groups is 3. The molecule has 0 bridgehead atoms. The second kappa shape index (κ2) is 9.53. The molecule has 0 aliphatic heterocycles. The highest BCUT2D eigenvalue weighted by atomic mass is 31.2. The molecule has 0 saturated heterocycles. The normalized spacial score (nSPS) is 12.8. The van der Waals surface area contributed by atoms with E-state index in [0.29, 0.717) is 0 Å². The number of benzene rings is 1. The van der Waals surface area contributed by atoms with Crippen molar-refractivity contribution < 1.29 is 42.6 Å². The fourth-order valence-electron chi connectivity index (χ4n) is 1.85. The monoisotopic (exact) mass is 391 g/mol. The van der Waals surface area contributed by atoms with Crippen molar-refractivity contribution in [2.24, 2.45) is 5.92 Å². The van der Waals surface area contributed by atoms with Crippen molar-refractivity contribution in [3.05, 3.63) is 35.9 Å². The van der Waals surface area contributed by atoms with Crippen LogP contribution in [0.15, 0.2) is 30.3 Å². The van der Waals surface area contributed by atoms with Crippen molar-refractivity contribution in [1.29, 1.82) is 0 Å². The fourth-order valence-corrected chi connectivity index (χ4v) is 3.16. The lowest BCUT2D eigenvalue weighted by Crippen LogP contribution is -2.22. The van der Waals surface area contributed by atoms with Crippen LogP contribution in [0.3, 0.4) is 0 Å². The maximum Gasteiger partial charge on any atom is 0.555 e. The van der Waals surface area contributed by atoms with Crippen LogP contribution in [0.5, 0.6) is 0 Å². The van der Waals surface area contributed by atoms with Gasteiger partial charge in [-0.15, -0.1) is 0 Å². The smallest absolute Gasteiger partial charge is 0.389 e. The minimum atomic E-state index is -4.57. The predicted octanol–water partition coefficient (Wildman–Crippen LogP) is 1.86. The highest BCUT2D eigenvalue weighted by Gasteiger charge is 2.33. The quantitative estimate of drug-likeness (QED) is 0.385. The van der Waals surface area contributed by atoms with Crippen molar-refractivity contribution in [3.8, 4) is 0 Å². The van der Waals surface area contributed by atoms with Crippen molar-refractivity contribution >= 4 is 33.5 Å². The molecule has 0 spiro atoms. The van der Waals surface area contributed by atoms with Crippen LogP contribution < -0.4 is 0 Å². The lowest BCUT2D eigenvalue weighted by atomic mass is 10.1. The summed E-state index contributed by atoms with van der Waals surface area (Å²) in [7, 11) is -6.88. The zero-order valence-corrected chi connectivity index (χ0v) is 15.0. The van der Waals surface area contributed by atoms with Gasteiger partial charge in [0, 0.05) is 6.42 Å². The number of hydrogen-bond donors (Lipinski definition) is 2. The average molecular weight is 391 g/mol. The Morgan fingerprint density at radius 2 is 1.80 bits per heavy atom. The highest BCUT2D eigenvalue weighted by molar-refractivity contribution is 7.51. The Morgan fingerprint density at radius 3 is 2.32 bits per heavy atom. The first-order valence-corrected chi connectivity index (χ1v) is 10.5. The Balaban J connectivity index is 2.64. The zero-order valence-electron chi connectivity index (χ0n) is 13.2. The fraction of sp³-hybridized carbons (Fsp3) is 0.357. The molecule has 0 fully saturated rings. The van der Waals surface area contributed by atoms with Gasteiger partial charge < -0.3 is 14.5 Å². The molecule has 1 aromatic carbocycles. The Morgan fingerprint density at radius 1 is 1.20 bits per heavy atom. The highest BCUT2D eigenvalue weighted by Crippen LogP contribution is 2.39. The molecule has 1 aromatic rings. The summed E-state index contributed by atoms with van der Waals surface area (Å²) in [5.41, 5.74) is 0.157. The summed E-state index contributed by atoms with van der Waals surface area (Å²) in [6.07, 6.45) is -1.64. The summed E-state index contributed by atoms with van der Waals surface area (Å²) in [5, 5.41) is 0. The van der Waals surface area contributed by atoms with Gasteiger partial charge in [0.15, 0.2) is 6.66 Å². The van der Waals surface area contributed by atoms with Gasteiger partial charge in [-0.3, -0.25) is 9.36 Å². The van der Waals surface area contributed by atoms with E-state index in [1.165, 1.54) is 12.1 Å². The number of hydrogen-bond acceptors (Lipinski definition) is 7. The van der Waals surface area contributed by atoms with Crippen LogP contribution in [0.25, 0.3) is 0 Å². The summed E-state index contributed by atoms with van der Waals surface area (Å²) in [5.74, 6) is -4.28. The van der Waals surface area contributed by atoms with E-state index in [4.69, 9.17) is 9.79 Å². The van der Waals surface area contributed by atoms with E-state index < -0.39 is 52.0 Å². The van der Waals surface area contributed by atoms with E-state index in [1.54, 1.807) is 18.2 Å². The lowest BCUT2D eigenvalue weighted by molar-refractivity contribution is -0.140. The molecule has 0 heterocycles. The first-order chi connectivity index (χ1) is 11.6. The van der Waals surface area contributed by atoms with E-state index >= 15 is 0 Å². The molecule has 2 atom stereocenters. The molecule has 2 unspecified atom stereocenters. The average Bonchev–Trinajstić information content (AvgIpc) is 2.50. The second-order valence-corrected chi connectivity index (χ2v) is 7.82. The first-order valence-electron chi connectivity index (χ1n) is 7.06. The summed E-state index contributed by atoms with van der Waals surface area (Å²) in [6.45, 7) is 1.11. The minimum absolute atomic E-state index is 0.157. The molecule has 2 N–H and O–H groups in total. The van der Waals surface area contributed by atoms with E-state index in [-0.39, 0.29) is 12.0 Å². The molecule has 0 saturated carbocycles. The summed E-state index contributed by atoms with van der Waals surface area (Å²) >= 11 is 0. The summed E-state index contributed by atoms with van der Waals surface area (Å²) in [6, 6.07) is 7.73. The Kier molecular flexibility index (Phi) is 8.06. The molecule has 11 heteroatoms. The third-order valence-corrected chi connectivity index (χ3v) is 4.28. The Bertz CT molecular complexity index is 696. The van der Waals surface area contributed by atoms with Gasteiger partial charge in [0.05, 0.1) is 17.6 Å². The van der Waals surface area contributed by atoms with E-state index in [2.05, 4.69) is 9.26 Å². The van der Waals surface area contributed by atoms with Gasteiger partial charge in [-0.2, -0.15) is 0 Å². The number of rotatable bonds is 8. The van der Waals surface area contributed by atoms with Crippen LogP contribution in [-0.2, 0) is 28.0 Å². The number of ether oxygens (including phenoxy) is 1. The van der Waals surface area contributed by atoms with Crippen LogP contribution in [0, 0.1) is 5.92 Å². The SMILES string of the molecule is C[P+](=O)OC(=O)C(CCC(=O)OC(=O)c1ccccc1)CP(=O)(O)O. The Hall–Kier alpha value is -1.92. The largest absolute Gasteiger partial charge is 0.555 e. The molecule has 0 aliphatic rings. The zero-order chi connectivity index (χ0) is 19.0. The molecule has 0 aliphatic carbocycles. The molecule has 9 nitrogen and oxygen atoms in total. The van der Waals surface area contributed by atoms with Gasteiger partial charge in [0.25, 0.3) is 0 Å². The van der Waals surface area contributed by atoms with Gasteiger partial charge >= 0.3 is 33.5 Å². The van der Waals surface area contributed by atoms with Crippen molar-refractivity contribution in [3.63, 3.8) is 0 Å². The van der Waals surface area contributed by atoms with Crippen molar-refractivity contribution in [2.45, 2.75) is 12.8 Å². The van der Waals surface area contributed by atoms with Gasteiger partial charge in [0.1, 0.15) is 0 Å².